The Hall–Kier alpha value is -0.460. The van der Waals surface area contributed by atoms with Crippen molar-refractivity contribution < 1.29 is 20.4 Å². The molecule has 5 heteroatoms. The molecule has 2 atom stereocenters. The first kappa shape index (κ1) is 13.5. The molecule has 4 N–H and O–H groups in total. The van der Waals surface area contributed by atoms with Gasteiger partial charge in [0.15, 0.2) is 0 Å². The molecule has 0 bridgehead atoms. The quantitative estimate of drug-likeness (QED) is 0.351. The number of aliphatic hydroxyl groups excluding tert-OH is 4. The van der Waals surface area contributed by atoms with Gasteiger partial charge in [-0.1, -0.05) is 6.08 Å². The highest BCUT2D eigenvalue weighted by atomic mass is 16.3. The van der Waals surface area contributed by atoms with Crippen LogP contribution in [0, 0.1) is 0 Å². The van der Waals surface area contributed by atoms with Crippen LogP contribution in [0.3, 0.4) is 0 Å². The molecule has 84 valence electrons. The lowest BCUT2D eigenvalue weighted by Crippen LogP contribution is -2.40. The van der Waals surface area contributed by atoms with Gasteiger partial charge in [0.05, 0.1) is 25.4 Å². The fourth-order valence-electron chi connectivity index (χ4n) is 1.12. The fraction of sp³-hybridized carbons (Fsp3) is 0.778. The van der Waals surface area contributed by atoms with Gasteiger partial charge in [-0.25, -0.2) is 0 Å². The van der Waals surface area contributed by atoms with Gasteiger partial charge >= 0.3 is 0 Å². The molecule has 0 radical (unpaired) electrons. The van der Waals surface area contributed by atoms with Crippen molar-refractivity contribution in [2.45, 2.75) is 12.2 Å². The molecule has 14 heavy (non-hydrogen) atoms. The van der Waals surface area contributed by atoms with Crippen molar-refractivity contribution in [2.75, 3.05) is 32.8 Å². The Kier molecular flexibility index (Phi) is 7.64. The normalized spacial score (nSPS) is 15.5. The van der Waals surface area contributed by atoms with Crippen LogP contribution in [0.4, 0.5) is 0 Å². The van der Waals surface area contributed by atoms with Crippen molar-refractivity contribution >= 4 is 0 Å². The summed E-state index contributed by atoms with van der Waals surface area (Å²) in [6.07, 6.45) is -0.0320. The van der Waals surface area contributed by atoms with Crippen LogP contribution < -0.4 is 0 Å². The van der Waals surface area contributed by atoms with Gasteiger partial charge in [0.25, 0.3) is 0 Å². The lowest BCUT2D eigenvalue weighted by Gasteiger charge is -2.24. The predicted octanol–water partition coefficient (Wildman–Crippen LogP) is -1.82. The number of hydrogen-bond donors (Lipinski definition) is 4. The third kappa shape index (κ3) is 6.06. The Morgan fingerprint density at radius 1 is 1.07 bits per heavy atom. The second-order valence-electron chi connectivity index (χ2n) is 3.18. The molecule has 0 saturated carbocycles. The van der Waals surface area contributed by atoms with Crippen molar-refractivity contribution in [3.8, 4) is 0 Å². The van der Waals surface area contributed by atoms with E-state index in [2.05, 4.69) is 6.58 Å². The summed E-state index contributed by atoms with van der Waals surface area (Å²) in [5.74, 6) is 0. The first-order valence-electron chi connectivity index (χ1n) is 4.55. The fourth-order valence-corrected chi connectivity index (χ4v) is 1.12. The summed E-state index contributed by atoms with van der Waals surface area (Å²) in [6.45, 7) is 3.90. The molecule has 0 aromatic carbocycles. The van der Waals surface area contributed by atoms with Crippen LogP contribution in [0.1, 0.15) is 0 Å². The SMILES string of the molecule is C=CCN(CC(O)CO)CC(O)CO. The van der Waals surface area contributed by atoms with Crippen LogP contribution >= 0.6 is 0 Å². The summed E-state index contributed by atoms with van der Waals surface area (Å²) in [6, 6.07) is 0. The molecular formula is C9H19NO4. The van der Waals surface area contributed by atoms with E-state index in [4.69, 9.17) is 10.2 Å². The standard InChI is InChI=1S/C9H19NO4/c1-2-3-10(4-8(13)6-11)5-9(14)7-12/h2,8-9,11-14H,1,3-7H2. The van der Waals surface area contributed by atoms with Crippen molar-refractivity contribution in [1.82, 2.24) is 4.90 Å². The molecule has 0 aliphatic carbocycles. The molecule has 0 heterocycles. The molecule has 0 spiro atoms. The van der Waals surface area contributed by atoms with Gasteiger partial charge in [-0.2, -0.15) is 0 Å². The maximum Gasteiger partial charge on any atom is 0.0897 e. The van der Waals surface area contributed by atoms with E-state index in [1.54, 1.807) is 11.0 Å². The molecule has 0 saturated heterocycles. The second-order valence-corrected chi connectivity index (χ2v) is 3.18. The van der Waals surface area contributed by atoms with Crippen LogP contribution in [0.2, 0.25) is 0 Å². The molecular weight excluding hydrogens is 186 g/mol. The van der Waals surface area contributed by atoms with E-state index >= 15 is 0 Å². The van der Waals surface area contributed by atoms with E-state index in [1.165, 1.54) is 0 Å². The number of aliphatic hydroxyl groups is 4. The molecule has 2 unspecified atom stereocenters. The minimum absolute atomic E-state index is 0.250. The van der Waals surface area contributed by atoms with Gasteiger partial charge in [0, 0.05) is 19.6 Å². The van der Waals surface area contributed by atoms with Crippen LogP contribution in [-0.2, 0) is 0 Å². The van der Waals surface area contributed by atoms with Crippen LogP contribution in [0.25, 0.3) is 0 Å². The maximum absolute atomic E-state index is 9.17. The van der Waals surface area contributed by atoms with E-state index in [0.29, 0.717) is 6.54 Å². The molecule has 0 aliphatic heterocycles. The van der Waals surface area contributed by atoms with Crippen LogP contribution in [0.15, 0.2) is 12.7 Å². The molecule has 0 aromatic rings. The zero-order valence-corrected chi connectivity index (χ0v) is 8.21. The second kappa shape index (κ2) is 7.90. The molecule has 0 aromatic heterocycles. The zero-order valence-electron chi connectivity index (χ0n) is 8.21. The highest BCUT2D eigenvalue weighted by Crippen LogP contribution is 1.95. The minimum atomic E-state index is -0.833. The smallest absolute Gasteiger partial charge is 0.0897 e. The molecule has 0 fully saturated rings. The largest absolute Gasteiger partial charge is 0.394 e. The van der Waals surface area contributed by atoms with Gasteiger partial charge in [-0.3, -0.25) is 4.90 Å². The lowest BCUT2D eigenvalue weighted by atomic mass is 10.3. The van der Waals surface area contributed by atoms with Gasteiger partial charge in [-0.05, 0) is 0 Å². The van der Waals surface area contributed by atoms with E-state index < -0.39 is 12.2 Å². The van der Waals surface area contributed by atoms with E-state index in [0.717, 1.165) is 0 Å². The molecule has 0 aliphatic rings. The molecule has 0 rings (SSSR count). The summed E-state index contributed by atoms with van der Waals surface area (Å²) in [5, 5.41) is 35.6. The van der Waals surface area contributed by atoms with E-state index in [-0.39, 0.29) is 26.3 Å². The molecule has 5 nitrogen and oxygen atoms in total. The lowest BCUT2D eigenvalue weighted by molar-refractivity contribution is 0.0275. The predicted molar refractivity (Wildman–Crippen MR) is 52.8 cm³/mol. The topological polar surface area (TPSA) is 84.2 Å². The third-order valence-electron chi connectivity index (χ3n) is 1.75. The van der Waals surface area contributed by atoms with E-state index in [9.17, 15) is 10.2 Å². The Balaban J connectivity index is 3.93. The maximum atomic E-state index is 9.17. The van der Waals surface area contributed by atoms with Gasteiger partial charge in [-0.15, -0.1) is 6.58 Å². The Morgan fingerprint density at radius 3 is 1.79 bits per heavy atom. The third-order valence-corrected chi connectivity index (χ3v) is 1.75. The van der Waals surface area contributed by atoms with Crippen molar-refractivity contribution in [1.29, 1.82) is 0 Å². The first-order valence-corrected chi connectivity index (χ1v) is 4.55. The van der Waals surface area contributed by atoms with Gasteiger partial charge in [0.1, 0.15) is 0 Å². The number of hydrogen-bond acceptors (Lipinski definition) is 5. The summed E-state index contributed by atoms with van der Waals surface area (Å²) in [5.41, 5.74) is 0. The monoisotopic (exact) mass is 205 g/mol. The Labute approximate surface area is 83.9 Å². The summed E-state index contributed by atoms with van der Waals surface area (Å²) in [4.78, 5) is 1.70. The van der Waals surface area contributed by atoms with Crippen LogP contribution in [0.5, 0.6) is 0 Å². The first-order chi connectivity index (χ1) is 6.63. The average molecular weight is 205 g/mol. The minimum Gasteiger partial charge on any atom is -0.394 e. The van der Waals surface area contributed by atoms with Crippen molar-refractivity contribution in [3.05, 3.63) is 12.7 Å². The summed E-state index contributed by atoms with van der Waals surface area (Å²) < 4.78 is 0. The highest BCUT2D eigenvalue weighted by Gasteiger charge is 2.13. The average Bonchev–Trinajstić information content (AvgIpc) is 2.17. The zero-order chi connectivity index (χ0) is 11.0. The van der Waals surface area contributed by atoms with E-state index in [1.807, 2.05) is 0 Å². The number of rotatable bonds is 8. The van der Waals surface area contributed by atoms with Gasteiger partial charge in [0.2, 0.25) is 0 Å². The number of nitrogens with zero attached hydrogens (tertiary/aromatic N) is 1. The van der Waals surface area contributed by atoms with Gasteiger partial charge < -0.3 is 20.4 Å². The highest BCUT2D eigenvalue weighted by molar-refractivity contribution is 4.77. The Morgan fingerprint density at radius 2 is 1.50 bits per heavy atom. The molecule has 0 amide bonds. The van der Waals surface area contributed by atoms with Crippen molar-refractivity contribution in [2.24, 2.45) is 0 Å². The van der Waals surface area contributed by atoms with Crippen LogP contribution in [-0.4, -0.2) is 70.4 Å². The Bertz CT molecular complexity index is 142. The summed E-state index contributed by atoms with van der Waals surface area (Å²) in [7, 11) is 0. The summed E-state index contributed by atoms with van der Waals surface area (Å²) >= 11 is 0. The van der Waals surface area contributed by atoms with Crippen molar-refractivity contribution in [3.63, 3.8) is 0 Å².